The second kappa shape index (κ2) is 6.66. The second-order valence-corrected chi connectivity index (χ2v) is 5.86. The molecule has 0 saturated heterocycles. The molecule has 3 rings (SSSR count). The zero-order valence-electron chi connectivity index (χ0n) is 12.2. The molecule has 2 heterocycles. The highest BCUT2D eigenvalue weighted by Gasteiger charge is 2.17. The molecule has 1 aliphatic carbocycles. The van der Waals surface area contributed by atoms with Gasteiger partial charge in [-0.2, -0.15) is 5.10 Å². The fourth-order valence-electron chi connectivity index (χ4n) is 3.22. The Morgan fingerprint density at radius 3 is 2.76 bits per heavy atom. The smallest absolute Gasteiger partial charge is 0.166 e. The lowest BCUT2D eigenvalue weighted by Crippen LogP contribution is -2.02. The SMILES string of the molecule is O=C(CCCC1CCCC1)c1cn[nH]c1-c1ccncc1. The monoisotopic (exact) mass is 283 g/mol. The van der Waals surface area contributed by atoms with E-state index >= 15 is 0 Å². The van der Waals surface area contributed by atoms with Gasteiger partial charge in [0.2, 0.25) is 0 Å². The first-order chi connectivity index (χ1) is 10.3. The summed E-state index contributed by atoms with van der Waals surface area (Å²) in [6, 6.07) is 3.78. The van der Waals surface area contributed by atoms with Crippen LogP contribution >= 0.6 is 0 Å². The number of ketones is 1. The Kier molecular flexibility index (Phi) is 4.43. The topological polar surface area (TPSA) is 58.6 Å². The quantitative estimate of drug-likeness (QED) is 0.815. The first kappa shape index (κ1) is 14.0. The number of aromatic nitrogens is 3. The molecule has 21 heavy (non-hydrogen) atoms. The third kappa shape index (κ3) is 3.38. The van der Waals surface area contributed by atoms with Crippen LogP contribution in [0.15, 0.2) is 30.7 Å². The number of carbonyl (C=O) groups is 1. The summed E-state index contributed by atoms with van der Waals surface area (Å²) >= 11 is 0. The summed E-state index contributed by atoms with van der Waals surface area (Å²) in [5.74, 6) is 1.04. The molecule has 0 aliphatic heterocycles. The first-order valence-electron chi connectivity index (χ1n) is 7.81. The van der Waals surface area contributed by atoms with E-state index in [4.69, 9.17) is 0 Å². The van der Waals surface area contributed by atoms with E-state index in [2.05, 4.69) is 15.2 Å². The van der Waals surface area contributed by atoms with E-state index in [1.165, 1.54) is 32.1 Å². The minimum atomic E-state index is 0.188. The van der Waals surface area contributed by atoms with Gasteiger partial charge in [0.15, 0.2) is 5.78 Å². The van der Waals surface area contributed by atoms with Gasteiger partial charge in [-0.25, -0.2) is 0 Å². The van der Waals surface area contributed by atoms with Gasteiger partial charge in [-0.1, -0.05) is 32.1 Å². The van der Waals surface area contributed by atoms with Crippen molar-refractivity contribution in [3.63, 3.8) is 0 Å². The van der Waals surface area contributed by atoms with E-state index < -0.39 is 0 Å². The van der Waals surface area contributed by atoms with Crippen molar-refractivity contribution in [2.24, 2.45) is 5.92 Å². The maximum atomic E-state index is 12.4. The number of nitrogens with zero attached hydrogens (tertiary/aromatic N) is 2. The van der Waals surface area contributed by atoms with Crippen LogP contribution in [0.3, 0.4) is 0 Å². The van der Waals surface area contributed by atoms with E-state index in [0.717, 1.165) is 23.6 Å². The molecule has 110 valence electrons. The number of pyridine rings is 1. The van der Waals surface area contributed by atoms with Crippen molar-refractivity contribution < 1.29 is 4.79 Å². The number of aromatic amines is 1. The molecular formula is C17H21N3O. The summed E-state index contributed by atoms with van der Waals surface area (Å²) < 4.78 is 0. The molecular weight excluding hydrogens is 262 g/mol. The summed E-state index contributed by atoms with van der Waals surface area (Å²) in [6.45, 7) is 0. The van der Waals surface area contributed by atoms with E-state index in [-0.39, 0.29) is 5.78 Å². The zero-order valence-corrected chi connectivity index (χ0v) is 12.2. The minimum Gasteiger partial charge on any atom is -0.294 e. The Hall–Kier alpha value is -1.97. The van der Waals surface area contributed by atoms with Gasteiger partial charge in [-0.05, 0) is 24.5 Å². The average Bonchev–Trinajstić information content (AvgIpc) is 3.19. The van der Waals surface area contributed by atoms with E-state index in [9.17, 15) is 4.79 Å². The third-order valence-corrected chi connectivity index (χ3v) is 4.40. The van der Waals surface area contributed by atoms with E-state index in [1.807, 2.05) is 12.1 Å². The van der Waals surface area contributed by atoms with E-state index in [0.29, 0.717) is 12.0 Å². The van der Waals surface area contributed by atoms with Crippen LogP contribution in [0.25, 0.3) is 11.3 Å². The van der Waals surface area contributed by atoms with Gasteiger partial charge in [0.25, 0.3) is 0 Å². The Labute approximate surface area is 125 Å². The summed E-state index contributed by atoms with van der Waals surface area (Å²) in [4.78, 5) is 16.4. The highest BCUT2D eigenvalue weighted by atomic mass is 16.1. The maximum Gasteiger partial charge on any atom is 0.166 e. The lowest BCUT2D eigenvalue weighted by Gasteiger charge is -2.07. The van der Waals surface area contributed by atoms with Crippen molar-refractivity contribution >= 4 is 5.78 Å². The van der Waals surface area contributed by atoms with Crippen LogP contribution in [-0.4, -0.2) is 21.0 Å². The first-order valence-corrected chi connectivity index (χ1v) is 7.81. The van der Waals surface area contributed by atoms with Gasteiger partial charge in [0.1, 0.15) is 0 Å². The predicted molar refractivity (Wildman–Crippen MR) is 82.0 cm³/mol. The van der Waals surface area contributed by atoms with Crippen LogP contribution in [0.5, 0.6) is 0 Å². The normalized spacial score (nSPS) is 15.4. The molecule has 0 atom stereocenters. The molecule has 2 aromatic heterocycles. The van der Waals surface area contributed by atoms with Crippen molar-refractivity contribution in [1.82, 2.24) is 15.2 Å². The summed E-state index contributed by atoms with van der Waals surface area (Å²) in [5.41, 5.74) is 2.47. The van der Waals surface area contributed by atoms with Crippen LogP contribution in [-0.2, 0) is 0 Å². The van der Waals surface area contributed by atoms with Gasteiger partial charge < -0.3 is 0 Å². The number of rotatable bonds is 6. The number of hydrogen-bond donors (Lipinski definition) is 1. The van der Waals surface area contributed by atoms with Gasteiger partial charge in [0.05, 0.1) is 17.5 Å². The molecule has 1 fully saturated rings. The number of nitrogens with one attached hydrogen (secondary N) is 1. The average molecular weight is 283 g/mol. The van der Waals surface area contributed by atoms with Crippen LogP contribution in [0.4, 0.5) is 0 Å². The highest BCUT2D eigenvalue weighted by Crippen LogP contribution is 2.29. The van der Waals surface area contributed by atoms with Crippen LogP contribution < -0.4 is 0 Å². The van der Waals surface area contributed by atoms with Crippen molar-refractivity contribution in [1.29, 1.82) is 0 Å². The van der Waals surface area contributed by atoms with Crippen LogP contribution in [0.1, 0.15) is 55.3 Å². The fourth-order valence-corrected chi connectivity index (χ4v) is 3.22. The Bertz CT molecular complexity index is 585. The Morgan fingerprint density at radius 1 is 1.24 bits per heavy atom. The molecule has 0 radical (unpaired) electrons. The number of Topliss-reactive ketones (excluding diaryl/α,β-unsaturated/α-hetero) is 1. The lowest BCUT2D eigenvalue weighted by molar-refractivity contribution is 0.0978. The van der Waals surface area contributed by atoms with Crippen molar-refractivity contribution in [2.75, 3.05) is 0 Å². The number of hydrogen-bond acceptors (Lipinski definition) is 3. The molecule has 0 unspecified atom stereocenters. The summed E-state index contributed by atoms with van der Waals surface area (Å²) in [5, 5.41) is 6.97. The molecule has 0 spiro atoms. The standard InChI is InChI=1S/C17H21N3O/c21-16(7-3-6-13-4-1-2-5-13)15-12-19-20-17(15)14-8-10-18-11-9-14/h8-13H,1-7H2,(H,19,20). The highest BCUT2D eigenvalue weighted by molar-refractivity contribution is 6.01. The summed E-state index contributed by atoms with van der Waals surface area (Å²) in [7, 11) is 0. The summed E-state index contributed by atoms with van der Waals surface area (Å²) in [6.07, 6.45) is 13.3. The van der Waals surface area contributed by atoms with Gasteiger partial charge in [-0.3, -0.25) is 14.9 Å². The third-order valence-electron chi connectivity index (χ3n) is 4.40. The number of carbonyl (C=O) groups excluding carboxylic acids is 1. The molecule has 1 N–H and O–H groups in total. The molecule has 0 aromatic carbocycles. The Morgan fingerprint density at radius 2 is 2.00 bits per heavy atom. The molecule has 4 nitrogen and oxygen atoms in total. The Balaban J connectivity index is 1.61. The van der Waals surface area contributed by atoms with Crippen molar-refractivity contribution in [3.05, 3.63) is 36.3 Å². The predicted octanol–water partition coefficient (Wildman–Crippen LogP) is 4.01. The van der Waals surface area contributed by atoms with Crippen LogP contribution in [0.2, 0.25) is 0 Å². The second-order valence-electron chi connectivity index (χ2n) is 5.86. The van der Waals surface area contributed by atoms with Crippen molar-refractivity contribution in [2.45, 2.75) is 44.9 Å². The maximum absolute atomic E-state index is 12.4. The molecule has 2 aromatic rings. The number of H-pyrrole nitrogens is 1. The van der Waals surface area contributed by atoms with Gasteiger partial charge in [-0.15, -0.1) is 0 Å². The fraction of sp³-hybridized carbons (Fsp3) is 0.471. The zero-order chi connectivity index (χ0) is 14.5. The van der Waals surface area contributed by atoms with Crippen LogP contribution in [0, 0.1) is 5.92 Å². The molecule has 0 bridgehead atoms. The van der Waals surface area contributed by atoms with Gasteiger partial charge >= 0.3 is 0 Å². The minimum absolute atomic E-state index is 0.188. The van der Waals surface area contributed by atoms with E-state index in [1.54, 1.807) is 18.6 Å². The molecule has 1 aliphatic rings. The molecule has 1 saturated carbocycles. The lowest BCUT2D eigenvalue weighted by atomic mass is 9.97. The largest absolute Gasteiger partial charge is 0.294 e. The molecule has 0 amide bonds. The van der Waals surface area contributed by atoms with Crippen molar-refractivity contribution in [3.8, 4) is 11.3 Å². The molecule has 4 heteroatoms. The van der Waals surface area contributed by atoms with Gasteiger partial charge in [0, 0.05) is 24.4 Å².